The molecule has 0 N–H and O–H groups in total. The average Bonchev–Trinajstić information content (AvgIpc) is 2.60. The predicted molar refractivity (Wildman–Crippen MR) is 108 cm³/mol. The van der Waals surface area contributed by atoms with Crippen LogP contribution < -0.4 is 4.74 Å². The Bertz CT molecular complexity index is 692. The number of ketones is 1. The van der Waals surface area contributed by atoms with Gasteiger partial charge in [-0.25, -0.2) is 0 Å². The monoisotopic (exact) mass is 402 g/mol. The third-order valence-corrected chi connectivity index (χ3v) is 4.97. The summed E-state index contributed by atoms with van der Waals surface area (Å²) >= 11 is 3.62. The Morgan fingerprint density at radius 3 is 2.32 bits per heavy atom. The first-order chi connectivity index (χ1) is 12.0. The van der Waals surface area contributed by atoms with E-state index in [4.69, 9.17) is 4.74 Å². The number of rotatable bonds is 9. The SMILES string of the molecule is CCCCCCC(C)Oc1ccc(-c2ccc(C(C)=O)cc2)cc1Br. The number of benzene rings is 2. The number of carbonyl (C=O) groups excluding carboxylic acids is 1. The summed E-state index contributed by atoms with van der Waals surface area (Å²) in [5.74, 6) is 0.969. The van der Waals surface area contributed by atoms with E-state index in [1.165, 1.54) is 25.7 Å². The molecule has 0 bridgehead atoms. The van der Waals surface area contributed by atoms with E-state index in [-0.39, 0.29) is 11.9 Å². The van der Waals surface area contributed by atoms with Crippen molar-refractivity contribution >= 4 is 21.7 Å². The number of unbranched alkanes of at least 4 members (excludes halogenated alkanes) is 3. The van der Waals surface area contributed by atoms with Crippen LogP contribution in [0.1, 0.15) is 63.2 Å². The molecule has 1 atom stereocenters. The molecule has 0 spiro atoms. The van der Waals surface area contributed by atoms with Crippen molar-refractivity contribution in [2.24, 2.45) is 0 Å². The van der Waals surface area contributed by atoms with E-state index < -0.39 is 0 Å². The zero-order chi connectivity index (χ0) is 18.2. The number of hydrogen-bond donors (Lipinski definition) is 0. The molecule has 0 saturated carbocycles. The van der Waals surface area contributed by atoms with Crippen LogP contribution in [-0.2, 0) is 0 Å². The molecule has 134 valence electrons. The van der Waals surface area contributed by atoms with Crippen LogP contribution in [0, 0.1) is 0 Å². The molecule has 1 unspecified atom stereocenters. The summed E-state index contributed by atoms with van der Waals surface area (Å²) in [5.41, 5.74) is 2.93. The van der Waals surface area contributed by atoms with Gasteiger partial charge in [0.15, 0.2) is 5.78 Å². The second-order valence-corrected chi connectivity index (χ2v) is 7.41. The Morgan fingerprint density at radius 1 is 1.04 bits per heavy atom. The molecule has 0 aliphatic carbocycles. The van der Waals surface area contributed by atoms with Crippen molar-refractivity contribution in [2.75, 3.05) is 0 Å². The summed E-state index contributed by atoms with van der Waals surface area (Å²) in [6.07, 6.45) is 6.35. The fourth-order valence-corrected chi connectivity index (χ4v) is 3.28. The highest BCUT2D eigenvalue weighted by atomic mass is 79.9. The molecule has 0 saturated heterocycles. The van der Waals surface area contributed by atoms with Crippen LogP contribution in [0.25, 0.3) is 11.1 Å². The van der Waals surface area contributed by atoms with E-state index in [1.807, 2.05) is 30.3 Å². The van der Waals surface area contributed by atoms with Gasteiger partial charge in [-0.15, -0.1) is 0 Å². The number of ether oxygens (including phenoxy) is 1. The molecular weight excluding hydrogens is 376 g/mol. The van der Waals surface area contributed by atoms with Crippen molar-refractivity contribution in [2.45, 2.75) is 59.0 Å². The van der Waals surface area contributed by atoms with Crippen LogP contribution in [0.4, 0.5) is 0 Å². The maximum atomic E-state index is 11.4. The molecule has 2 aromatic rings. The van der Waals surface area contributed by atoms with Crippen molar-refractivity contribution in [1.82, 2.24) is 0 Å². The molecule has 0 amide bonds. The standard InChI is InChI=1S/C22H27BrO2/c1-4-5-6-7-8-16(2)25-22-14-13-20(15-21(22)23)19-11-9-18(10-12-19)17(3)24/h9-16H,4-8H2,1-3H3. The Labute approximate surface area is 159 Å². The van der Waals surface area contributed by atoms with Gasteiger partial charge in [0.1, 0.15) is 5.75 Å². The smallest absolute Gasteiger partial charge is 0.159 e. The third-order valence-electron chi connectivity index (χ3n) is 4.35. The van der Waals surface area contributed by atoms with Crippen molar-refractivity contribution < 1.29 is 9.53 Å². The van der Waals surface area contributed by atoms with E-state index in [0.29, 0.717) is 0 Å². The highest BCUT2D eigenvalue weighted by Gasteiger charge is 2.09. The Kier molecular flexibility index (Phi) is 7.70. The molecule has 3 heteroatoms. The van der Waals surface area contributed by atoms with Crippen molar-refractivity contribution in [3.05, 3.63) is 52.5 Å². The molecule has 0 aliphatic heterocycles. The van der Waals surface area contributed by atoms with Gasteiger partial charge in [-0.05, 0) is 65.9 Å². The lowest BCUT2D eigenvalue weighted by molar-refractivity contribution is 0.101. The zero-order valence-electron chi connectivity index (χ0n) is 15.3. The summed E-state index contributed by atoms with van der Waals surface area (Å²) in [7, 11) is 0. The second-order valence-electron chi connectivity index (χ2n) is 6.56. The Balaban J connectivity index is 2.01. The topological polar surface area (TPSA) is 26.3 Å². The third kappa shape index (κ3) is 6.00. The largest absolute Gasteiger partial charge is 0.490 e. The number of hydrogen-bond acceptors (Lipinski definition) is 2. The highest BCUT2D eigenvalue weighted by Crippen LogP contribution is 2.32. The van der Waals surface area contributed by atoms with Crippen molar-refractivity contribution in [1.29, 1.82) is 0 Å². The fraction of sp³-hybridized carbons (Fsp3) is 0.409. The fourth-order valence-electron chi connectivity index (χ4n) is 2.81. The average molecular weight is 403 g/mol. The van der Waals surface area contributed by atoms with Crippen LogP contribution in [0.2, 0.25) is 0 Å². The van der Waals surface area contributed by atoms with E-state index in [9.17, 15) is 4.79 Å². The number of carbonyl (C=O) groups is 1. The zero-order valence-corrected chi connectivity index (χ0v) is 16.9. The molecule has 25 heavy (non-hydrogen) atoms. The molecule has 0 radical (unpaired) electrons. The summed E-state index contributed by atoms with van der Waals surface area (Å²) in [6.45, 7) is 5.94. The van der Waals surface area contributed by atoms with Crippen LogP contribution >= 0.6 is 15.9 Å². The van der Waals surface area contributed by atoms with Crippen molar-refractivity contribution in [3.8, 4) is 16.9 Å². The first-order valence-corrected chi connectivity index (χ1v) is 9.88. The highest BCUT2D eigenvalue weighted by molar-refractivity contribution is 9.10. The minimum absolute atomic E-state index is 0.0874. The minimum Gasteiger partial charge on any atom is -0.490 e. The quantitative estimate of drug-likeness (QED) is 0.331. The van der Waals surface area contributed by atoms with E-state index >= 15 is 0 Å². The molecule has 2 nitrogen and oxygen atoms in total. The maximum absolute atomic E-state index is 11.4. The van der Waals surface area contributed by atoms with Gasteiger partial charge in [0.05, 0.1) is 10.6 Å². The number of Topliss-reactive ketones (excluding diaryl/α,β-unsaturated/α-hetero) is 1. The number of halogens is 1. The predicted octanol–water partition coefficient (Wildman–Crippen LogP) is 7.06. The van der Waals surface area contributed by atoms with E-state index in [1.54, 1.807) is 6.92 Å². The van der Waals surface area contributed by atoms with Gasteiger partial charge < -0.3 is 4.74 Å². The normalized spacial score (nSPS) is 12.0. The lowest BCUT2D eigenvalue weighted by Crippen LogP contribution is -2.11. The molecule has 0 fully saturated rings. The van der Waals surface area contributed by atoms with Crippen LogP contribution in [-0.4, -0.2) is 11.9 Å². The lowest BCUT2D eigenvalue weighted by Gasteiger charge is -2.16. The molecule has 2 aromatic carbocycles. The van der Waals surface area contributed by atoms with Gasteiger partial charge in [-0.1, -0.05) is 56.5 Å². The minimum atomic E-state index is 0.0874. The Hall–Kier alpha value is -1.61. The second kappa shape index (κ2) is 9.76. The Morgan fingerprint density at radius 2 is 1.72 bits per heavy atom. The van der Waals surface area contributed by atoms with Crippen LogP contribution in [0.3, 0.4) is 0 Å². The summed E-state index contributed by atoms with van der Waals surface area (Å²) < 4.78 is 7.03. The summed E-state index contributed by atoms with van der Waals surface area (Å²) in [4.78, 5) is 11.4. The van der Waals surface area contributed by atoms with Crippen molar-refractivity contribution in [3.63, 3.8) is 0 Å². The summed E-state index contributed by atoms with van der Waals surface area (Å²) in [6, 6.07) is 13.9. The van der Waals surface area contributed by atoms with Crippen LogP contribution in [0.5, 0.6) is 5.75 Å². The molecular formula is C22H27BrO2. The molecule has 2 rings (SSSR count). The van der Waals surface area contributed by atoms with E-state index in [2.05, 4.69) is 41.9 Å². The first kappa shape index (κ1) is 19.7. The van der Waals surface area contributed by atoms with Gasteiger partial charge in [-0.2, -0.15) is 0 Å². The van der Waals surface area contributed by atoms with Gasteiger partial charge in [0, 0.05) is 5.56 Å². The van der Waals surface area contributed by atoms with Gasteiger partial charge in [-0.3, -0.25) is 4.79 Å². The lowest BCUT2D eigenvalue weighted by atomic mass is 10.0. The summed E-state index contributed by atoms with van der Waals surface area (Å²) in [5, 5.41) is 0. The maximum Gasteiger partial charge on any atom is 0.159 e. The molecule has 0 aliphatic rings. The van der Waals surface area contributed by atoms with Gasteiger partial charge >= 0.3 is 0 Å². The van der Waals surface area contributed by atoms with Gasteiger partial charge in [0.25, 0.3) is 0 Å². The molecule has 0 aromatic heterocycles. The van der Waals surface area contributed by atoms with Crippen LogP contribution in [0.15, 0.2) is 46.9 Å². The first-order valence-electron chi connectivity index (χ1n) is 9.09. The van der Waals surface area contributed by atoms with E-state index in [0.717, 1.165) is 33.3 Å². The molecule has 0 heterocycles. The van der Waals surface area contributed by atoms with Gasteiger partial charge in [0.2, 0.25) is 0 Å².